The molecule has 0 bridgehead atoms. The van der Waals surface area contributed by atoms with Crippen molar-refractivity contribution in [1.82, 2.24) is 14.7 Å². The summed E-state index contributed by atoms with van der Waals surface area (Å²) in [6.45, 7) is 1.56. The number of nitro groups is 1. The molecule has 0 fully saturated rings. The molecule has 116 valence electrons. The van der Waals surface area contributed by atoms with Crippen molar-refractivity contribution in [3.05, 3.63) is 58.0 Å². The van der Waals surface area contributed by atoms with Gasteiger partial charge in [-0.1, -0.05) is 18.2 Å². The number of hydrogen-bond donors (Lipinski definition) is 0. The molecule has 8 heteroatoms. The second-order valence-electron chi connectivity index (χ2n) is 4.83. The number of nitrogens with zero attached hydrogens (tertiary/aromatic N) is 4. The van der Waals surface area contributed by atoms with Crippen LogP contribution in [-0.2, 0) is 11.3 Å². The minimum absolute atomic E-state index is 0.150. The lowest BCUT2D eigenvalue weighted by Gasteiger charge is -2.25. The highest BCUT2D eigenvalue weighted by molar-refractivity contribution is 5.76. The van der Waals surface area contributed by atoms with Crippen LogP contribution in [0, 0.1) is 15.9 Å². The van der Waals surface area contributed by atoms with Crippen LogP contribution < -0.4 is 0 Å². The first-order valence-electron chi connectivity index (χ1n) is 6.58. The second kappa shape index (κ2) is 6.33. The maximum atomic E-state index is 13.8. The van der Waals surface area contributed by atoms with Gasteiger partial charge in [-0.15, -0.1) is 0 Å². The Balaban J connectivity index is 2.08. The Kier molecular flexibility index (Phi) is 4.50. The number of likely N-dealkylation sites (N-methyl/N-ethyl adjacent to an activating group) is 1. The molecule has 2 rings (SSSR count). The Hall–Kier alpha value is -2.77. The molecule has 0 aliphatic rings. The standard InChI is InChI=1S/C14H15FN4O3/c1-10(11-5-3-4-6-12(11)15)17(2)14(20)9-18-8-7-13(16-18)19(21)22/h3-8,10H,9H2,1-2H3. The number of amides is 1. The van der Waals surface area contributed by atoms with Gasteiger partial charge in [0.15, 0.2) is 0 Å². The molecule has 0 saturated carbocycles. The third-order valence-corrected chi connectivity index (χ3v) is 3.44. The van der Waals surface area contributed by atoms with Crippen molar-refractivity contribution in [1.29, 1.82) is 0 Å². The molecule has 0 saturated heterocycles. The van der Waals surface area contributed by atoms with Crippen molar-refractivity contribution in [2.75, 3.05) is 7.05 Å². The van der Waals surface area contributed by atoms with Gasteiger partial charge in [0.05, 0.1) is 23.4 Å². The van der Waals surface area contributed by atoms with Crippen LogP contribution in [0.2, 0.25) is 0 Å². The Labute approximate surface area is 126 Å². The fourth-order valence-electron chi connectivity index (χ4n) is 2.03. The van der Waals surface area contributed by atoms with E-state index in [4.69, 9.17) is 0 Å². The van der Waals surface area contributed by atoms with Gasteiger partial charge in [-0.05, 0) is 17.9 Å². The van der Waals surface area contributed by atoms with E-state index in [0.29, 0.717) is 5.56 Å². The highest BCUT2D eigenvalue weighted by Crippen LogP contribution is 2.21. The number of carbonyl (C=O) groups excluding carboxylic acids is 1. The van der Waals surface area contributed by atoms with Gasteiger partial charge in [0.25, 0.3) is 0 Å². The number of hydrogen-bond acceptors (Lipinski definition) is 4. The first-order chi connectivity index (χ1) is 10.4. The van der Waals surface area contributed by atoms with E-state index in [0.717, 1.165) is 0 Å². The quantitative estimate of drug-likeness (QED) is 0.626. The lowest BCUT2D eigenvalue weighted by atomic mass is 10.1. The normalized spacial score (nSPS) is 12.0. The average molecular weight is 306 g/mol. The fourth-order valence-corrected chi connectivity index (χ4v) is 2.03. The summed E-state index contributed by atoms with van der Waals surface area (Å²) in [5.74, 6) is -1.03. The van der Waals surface area contributed by atoms with Crippen LogP contribution in [0.3, 0.4) is 0 Å². The van der Waals surface area contributed by atoms with Crippen LogP contribution in [0.1, 0.15) is 18.5 Å². The Morgan fingerprint density at radius 2 is 2.14 bits per heavy atom. The van der Waals surface area contributed by atoms with Crippen LogP contribution in [0.5, 0.6) is 0 Å². The van der Waals surface area contributed by atoms with E-state index in [2.05, 4.69) is 5.10 Å². The molecule has 0 radical (unpaired) electrons. The summed E-state index contributed by atoms with van der Waals surface area (Å²) in [6, 6.07) is 6.98. The molecule has 1 atom stereocenters. The van der Waals surface area contributed by atoms with Crippen LogP contribution in [0.25, 0.3) is 0 Å². The smallest absolute Gasteiger partial charge is 0.358 e. The number of halogens is 1. The van der Waals surface area contributed by atoms with E-state index >= 15 is 0 Å². The molecular weight excluding hydrogens is 291 g/mol. The van der Waals surface area contributed by atoms with Crippen LogP contribution in [-0.4, -0.2) is 32.6 Å². The van der Waals surface area contributed by atoms with E-state index in [1.807, 2.05) is 0 Å². The summed E-state index contributed by atoms with van der Waals surface area (Å²) in [7, 11) is 1.55. The summed E-state index contributed by atoms with van der Waals surface area (Å²) in [5.41, 5.74) is 0.407. The van der Waals surface area contributed by atoms with Crippen LogP contribution in [0.4, 0.5) is 10.2 Å². The lowest BCUT2D eigenvalue weighted by Crippen LogP contribution is -2.33. The third kappa shape index (κ3) is 3.27. The second-order valence-corrected chi connectivity index (χ2v) is 4.83. The molecule has 1 unspecified atom stereocenters. The van der Waals surface area contributed by atoms with Gasteiger partial charge in [0.1, 0.15) is 12.4 Å². The van der Waals surface area contributed by atoms with Crippen molar-refractivity contribution in [2.45, 2.75) is 19.5 Å². The lowest BCUT2D eigenvalue weighted by molar-refractivity contribution is -0.389. The zero-order valence-electron chi connectivity index (χ0n) is 12.1. The minimum Gasteiger partial charge on any atom is -0.358 e. The van der Waals surface area contributed by atoms with Crippen molar-refractivity contribution in [3.63, 3.8) is 0 Å². The highest BCUT2D eigenvalue weighted by Gasteiger charge is 2.22. The maximum Gasteiger partial charge on any atom is 0.389 e. The molecule has 1 aromatic heterocycles. The zero-order valence-corrected chi connectivity index (χ0v) is 12.1. The summed E-state index contributed by atoms with van der Waals surface area (Å²) in [4.78, 5) is 23.5. The van der Waals surface area contributed by atoms with Gasteiger partial charge in [0.2, 0.25) is 5.91 Å². The van der Waals surface area contributed by atoms with Crippen molar-refractivity contribution in [3.8, 4) is 0 Å². The van der Waals surface area contributed by atoms with Gasteiger partial charge in [-0.25, -0.2) is 4.39 Å². The summed E-state index contributed by atoms with van der Waals surface area (Å²) in [6.07, 6.45) is 1.36. The summed E-state index contributed by atoms with van der Waals surface area (Å²) < 4.78 is 14.9. The molecule has 2 aromatic rings. The first kappa shape index (κ1) is 15.6. The number of carbonyl (C=O) groups is 1. The fraction of sp³-hybridized carbons (Fsp3) is 0.286. The first-order valence-corrected chi connectivity index (χ1v) is 6.58. The molecule has 7 nitrogen and oxygen atoms in total. The molecule has 0 aliphatic heterocycles. The Bertz CT molecular complexity index is 701. The average Bonchev–Trinajstić information content (AvgIpc) is 2.95. The molecule has 0 aliphatic carbocycles. The van der Waals surface area contributed by atoms with Crippen molar-refractivity contribution >= 4 is 11.7 Å². The predicted octanol–water partition coefficient (Wildman–Crippen LogP) is 2.15. The van der Waals surface area contributed by atoms with E-state index in [1.54, 1.807) is 32.2 Å². The van der Waals surface area contributed by atoms with E-state index in [-0.39, 0.29) is 24.1 Å². The van der Waals surface area contributed by atoms with Gasteiger partial charge < -0.3 is 15.0 Å². The molecule has 1 aromatic carbocycles. The van der Waals surface area contributed by atoms with Gasteiger partial charge in [-0.3, -0.25) is 4.79 Å². The number of aromatic nitrogens is 2. The van der Waals surface area contributed by atoms with E-state index in [9.17, 15) is 19.3 Å². The van der Waals surface area contributed by atoms with Gasteiger partial charge in [-0.2, -0.15) is 4.68 Å². The zero-order chi connectivity index (χ0) is 16.3. The molecule has 0 spiro atoms. The van der Waals surface area contributed by atoms with E-state index in [1.165, 1.54) is 27.9 Å². The third-order valence-electron chi connectivity index (χ3n) is 3.44. The molecule has 22 heavy (non-hydrogen) atoms. The van der Waals surface area contributed by atoms with Crippen molar-refractivity contribution in [2.24, 2.45) is 0 Å². The Morgan fingerprint density at radius 3 is 2.73 bits per heavy atom. The SMILES string of the molecule is CC(c1ccccc1F)N(C)C(=O)Cn1ccc([N+](=O)[O-])n1. The monoisotopic (exact) mass is 306 g/mol. The molecule has 0 N–H and O–H groups in total. The molecule has 1 heterocycles. The van der Waals surface area contributed by atoms with Crippen LogP contribution in [0.15, 0.2) is 36.5 Å². The number of benzene rings is 1. The maximum absolute atomic E-state index is 13.8. The largest absolute Gasteiger partial charge is 0.389 e. The van der Waals surface area contributed by atoms with Gasteiger partial charge >= 0.3 is 5.82 Å². The molecule has 1 amide bonds. The molecular formula is C14H15FN4O3. The summed E-state index contributed by atoms with van der Waals surface area (Å²) >= 11 is 0. The van der Waals surface area contributed by atoms with E-state index < -0.39 is 11.0 Å². The minimum atomic E-state index is -0.632. The number of rotatable bonds is 5. The summed E-state index contributed by atoms with van der Waals surface area (Å²) in [5, 5.41) is 14.2. The van der Waals surface area contributed by atoms with Crippen LogP contribution >= 0.6 is 0 Å². The van der Waals surface area contributed by atoms with Crippen molar-refractivity contribution < 1.29 is 14.1 Å². The predicted molar refractivity (Wildman–Crippen MR) is 76.5 cm³/mol. The Morgan fingerprint density at radius 1 is 1.45 bits per heavy atom. The highest BCUT2D eigenvalue weighted by atomic mass is 19.1. The van der Waals surface area contributed by atoms with Gasteiger partial charge in [0, 0.05) is 12.6 Å². The topological polar surface area (TPSA) is 81.3 Å².